The predicted octanol–water partition coefficient (Wildman–Crippen LogP) is 1.23. The van der Waals surface area contributed by atoms with E-state index in [1.54, 1.807) is 29.2 Å². The molecule has 1 heterocycles. The van der Waals surface area contributed by atoms with E-state index >= 15 is 0 Å². The zero-order chi connectivity index (χ0) is 15.5. The van der Waals surface area contributed by atoms with Gasteiger partial charge < -0.3 is 5.11 Å². The second-order valence-electron chi connectivity index (χ2n) is 4.86. The van der Waals surface area contributed by atoms with Gasteiger partial charge in [0.15, 0.2) is 0 Å². The molecule has 1 aromatic rings. The Balaban J connectivity index is 2.15. The van der Waals surface area contributed by atoms with Crippen LogP contribution in [0.5, 0.6) is 0 Å². The van der Waals surface area contributed by atoms with Gasteiger partial charge in [-0.1, -0.05) is 12.1 Å². The minimum Gasteiger partial charge on any atom is -0.480 e. The highest BCUT2D eigenvalue weighted by molar-refractivity contribution is 9.10. The first-order chi connectivity index (χ1) is 9.91. The lowest BCUT2D eigenvalue weighted by molar-refractivity contribution is -0.138. The number of hydrogen-bond acceptors (Lipinski definition) is 4. The molecule has 1 fully saturated rings. The average molecular weight is 377 g/mol. The molecule has 0 atom stereocenters. The molecule has 0 spiro atoms. The van der Waals surface area contributed by atoms with Crippen molar-refractivity contribution in [3.63, 3.8) is 0 Å². The van der Waals surface area contributed by atoms with Crippen LogP contribution in [-0.4, -0.2) is 61.4 Å². The van der Waals surface area contributed by atoms with Crippen LogP contribution in [0, 0.1) is 0 Å². The van der Waals surface area contributed by atoms with E-state index in [1.165, 1.54) is 4.31 Å². The lowest BCUT2D eigenvalue weighted by atomic mass is 10.4. The van der Waals surface area contributed by atoms with Crippen LogP contribution >= 0.6 is 15.9 Å². The van der Waals surface area contributed by atoms with E-state index in [1.807, 2.05) is 0 Å². The number of nitrogens with zero attached hydrogens (tertiary/aromatic N) is 2. The Hall–Kier alpha value is -0.960. The van der Waals surface area contributed by atoms with E-state index in [0.29, 0.717) is 37.1 Å². The normalized spacial score (nSPS) is 18.3. The molecule has 8 heteroatoms. The van der Waals surface area contributed by atoms with Crippen molar-refractivity contribution in [1.29, 1.82) is 0 Å². The number of carboxylic acid groups (broad SMARTS) is 1. The van der Waals surface area contributed by atoms with Gasteiger partial charge in [0, 0.05) is 30.7 Å². The van der Waals surface area contributed by atoms with E-state index in [0.717, 1.165) is 0 Å². The second-order valence-corrected chi connectivity index (χ2v) is 7.62. The Bertz CT molecular complexity index is 620. The molecule has 116 valence electrons. The zero-order valence-corrected chi connectivity index (χ0v) is 13.8. The molecular weight excluding hydrogens is 360 g/mol. The van der Waals surface area contributed by atoms with Gasteiger partial charge in [0.1, 0.15) is 0 Å². The highest BCUT2D eigenvalue weighted by Crippen LogP contribution is 2.25. The van der Waals surface area contributed by atoms with Crippen molar-refractivity contribution in [3.05, 3.63) is 28.7 Å². The molecule has 0 aliphatic carbocycles. The molecule has 0 radical (unpaired) electrons. The fraction of sp³-hybridized carbons (Fsp3) is 0.462. The summed E-state index contributed by atoms with van der Waals surface area (Å²) in [4.78, 5) is 12.8. The van der Waals surface area contributed by atoms with Gasteiger partial charge in [-0.25, -0.2) is 8.42 Å². The number of hydrogen-bond donors (Lipinski definition) is 1. The van der Waals surface area contributed by atoms with Crippen molar-refractivity contribution in [3.8, 4) is 0 Å². The molecule has 2 rings (SSSR count). The van der Waals surface area contributed by atoms with Gasteiger partial charge in [-0.2, -0.15) is 4.31 Å². The molecule has 1 aromatic carbocycles. The first-order valence-electron chi connectivity index (χ1n) is 6.60. The maximum absolute atomic E-state index is 12.7. The number of carboxylic acids is 1. The molecule has 6 nitrogen and oxygen atoms in total. The number of halogens is 1. The molecule has 0 amide bonds. The Morgan fingerprint density at radius 1 is 1.19 bits per heavy atom. The SMILES string of the molecule is O=C(O)CN1CCCN(S(=O)(=O)c2ccccc2Br)CC1. The van der Waals surface area contributed by atoms with Crippen LogP contribution in [0.25, 0.3) is 0 Å². The van der Waals surface area contributed by atoms with Crippen LogP contribution in [0.1, 0.15) is 6.42 Å². The Morgan fingerprint density at radius 2 is 1.90 bits per heavy atom. The first kappa shape index (κ1) is 16.4. The van der Waals surface area contributed by atoms with E-state index in [2.05, 4.69) is 15.9 Å². The van der Waals surface area contributed by atoms with Crippen LogP contribution < -0.4 is 0 Å². The van der Waals surface area contributed by atoms with Crippen LogP contribution in [0.4, 0.5) is 0 Å². The van der Waals surface area contributed by atoms with Crippen LogP contribution in [0.3, 0.4) is 0 Å². The zero-order valence-electron chi connectivity index (χ0n) is 11.4. The molecule has 1 aliphatic rings. The Labute approximate surface area is 132 Å². The minimum absolute atomic E-state index is 0.0527. The Morgan fingerprint density at radius 3 is 2.57 bits per heavy atom. The number of benzene rings is 1. The molecular formula is C13H17BrN2O4S. The summed E-state index contributed by atoms with van der Waals surface area (Å²) in [7, 11) is -3.56. The predicted molar refractivity (Wildman–Crippen MR) is 81.6 cm³/mol. The smallest absolute Gasteiger partial charge is 0.317 e. The van der Waals surface area contributed by atoms with Gasteiger partial charge in [-0.3, -0.25) is 9.69 Å². The van der Waals surface area contributed by atoms with Crippen molar-refractivity contribution in [1.82, 2.24) is 9.21 Å². The van der Waals surface area contributed by atoms with E-state index in [4.69, 9.17) is 5.11 Å². The Kier molecular flexibility index (Phi) is 5.37. The van der Waals surface area contributed by atoms with Gasteiger partial charge in [0.2, 0.25) is 10.0 Å². The van der Waals surface area contributed by atoms with Crippen molar-refractivity contribution in [2.24, 2.45) is 0 Å². The maximum atomic E-state index is 12.7. The number of sulfonamides is 1. The summed E-state index contributed by atoms with van der Waals surface area (Å²) in [5.74, 6) is -0.892. The molecule has 0 aromatic heterocycles. The standard InChI is InChI=1S/C13H17BrN2O4S/c14-11-4-1-2-5-12(11)21(19,20)16-7-3-6-15(8-9-16)10-13(17)18/h1-2,4-5H,3,6-10H2,(H,17,18). The fourth-order valence-corrected chi connectivity index (χ4v) is 4.76. The molecule has 0 bridgehead atoms. The topological polar surface area (TPSA) is 77.9 Å². The summed E-state index contributed by atoms with van der Waals surface area (Å²) >= 11 is 3.27. The number of aliphatic carboxylic acids is 1. The lowest BCUT2D eigenvalue weighted by Crippen LogP contribution is -2.36. The maximum Gasteiger partial charge on any atom is 0.317 e. The lowest BCUT2D eigenvalue weighted by Gasteiger charge is -2.21. The van der Waals surface area contributed by atoms with Gasteiger partial charge >= 0.3 is 5.97 Å². The molecule has 1 saturated heterocycles. The molecule has 1 aliphatic heterocycles. The minimum atomic E-state index is -3.56. The van der Waals surface area contributed by atoms with Gasteiger partial charge in [-0.05, 0) is 34.5 Å². The summed E-state index contributed by atoms with van der Waals surface area (Å²) in [5, 5.41) is 8.82. The van der Waals surface area contributed by atoms with Crippen LogP contribution in [-0.2, 0) is 14.8 Å². The van der Waals surface area contributed by atoms with Crippen molar-refractivity contribution >= 4 is 31.9 Å². The highest BCUT2D eigenvalue weighted by Gasteiger charge is 2.28. The summed E-state index contributed by atoms with van der Waals surface area (Å²) in [6.45, 7) is 1.67. The van der Waals surface area contributed by atoms with Crippen molar-refractivity contribution in [2.75, 3.05) is 32.7 Å². The van der Waals surface area contributed by atoms with Crippen molar-refractivity contribution in [2.45, 2.75) is 11.3 Å². The average Bonchev–Trinajstić information content (AvgIpc) is 2.64. The number of carbonyl (C=O) groups is 1. The van der Waals surface area contributed by atoms with E-state index < -0.39 is 16.0 Å². The largest absolute Gasteiger partial charge is 0.480 e. The third-order valence-electron chi connectivity index (χ3n) is 3.36. The summed E-state index contributed by atoms with van der Waals surface area (Å²) < 4.78 is 27.3. The van der Waals surface area contributed by atoms with Gasteiger partial charge in [0.25, 0.3) is 0 Å². The van der Waals surface area contributed by atoms with Crippen LogP contribution in [0.2, 0.25) is 0 Å². The first-order valence-corrected chi connectivity index (χ1v) is 8.83. The molecule has 1 N–H and O–H groups in total. The quantitative estimate of drug-likeness (QED) is 0.854. The second kappa shape index (κ2) is 6.87. The number of rotatable bonds is 4. The molecule has 0 saturated carbocycles. The van der Waals surface area contributed by atoms with E-state index in [9.17, 15) is 13.2 Å². The highest BCUT2D eigenvalue weighted by atomic mass is 79.9. The van der Waals surface area contributed by atoms with E-state index in [-0.39, 0.29) is 11.4 Å². The van der Waals surface area contributed by atoms with Crippen molar-refractivity contribution < 1.29 is 18.3 Å². The third-order valence-corrected chi connectivity index (χ3v) is 6.27. The summed E-state index contributed by atoms with van der Waals surface area (Å²) in [6.07, 6.45) is 0.622. The third kappa shape index (κ3) is 4.03. The monoisotopic (exact) mass is 376 g/mol. The van der Waals surface area contributed by atoms with Gasteiger partial charge in [0.05, 0.1) is 11.4 Å². The molecule has 21 heavy (non-hydrogen) atoms. The summed E-state index contributed by atoms with van der Waals surface area (Å²) in [5.41, 5.74) is 0. The fourth-order valence-electron chi connectivity index (χ4n) is 2.33. The van der Waals surface area contributed by atoms with Gasteiger partial charge in [-0.15, -0.1) is 0 Å². The van der Waals surface area contributed by atoms with Crippen LogP contribution in [0.15, 0.2) is 33.6 Å². The summed E-state index contributed by atoms with van der Waals surface area (Å²) in [6, 6.07) is 6.72. The molecule has 0 unspecified atom stereocenters.